The molecule has 2 aromatic carbocycles. The first-order valence-corrected chi connectivity index (χ1v) is 8.42. The third-order valence-electron chi connectivity index (χ3n) is 4.29. The van der Waals surface area contributed by atoms with Crippen LogP contribution in [0, 0.1) is 6.92 Å². The van der Waals surface area contributed by atoms with E-state index >= 15 is 0 Å². The van der Waals surface area contributed by atoms with Gasteiger partial charge in [0.2, 0.25) is 0 Å². The average Bonchev–Trinajstić information content (AvgIpc) is 3.15. The Kier molecular flexibility index (Phi) is 5.14. The lowest BCUT2D eigenvalue weighted by molar-refractivity contribution is -0.124. The Bertz CT molecular complexity index is 782. The zero-order valence-corrected chi connectivity index (χ0v) is 14.5. The summed E-state index contributed by atoms with van der Waals surface area (Å²) in [5, 5.41) is 2.83. The quantitative estimate of drug-likeness (QED) is 0.930. The van der Waals surface area contributed by atoms with Crippen LogP contribution in [0.3, 0.4) is 0 Å². The molecular formula is C20H22N2O3. The van der Waals surface area contributed by atoms with Gasteiger partial charge in [-0.2, -0.15) is 0 Å². The Balaban J connectivity index is 1.74. The van der Waals surface area contributed by atoms with Crippen LogP contribution in [0.5, 0.6) is 0 Å². The maximum atomic E-state index is 12.7. The van der Waals surface area contributed by atoms with Gasteiger partial charge in [-0.05, 0) is 55.7 Å². The lowest BCUT2D eigenvalue weighted by atomic mass is 10.1. The molecule has 1 saturated heterocycles. The van der Waals surface area contributed by atoms with E-state index in [-0.39, 0.29) is 11.8 Å². The minimum Gasteiger partial charge on any atom is -0.368 e. The second-order valence-corrected chi connectivity index (χ2v) is 6.27. The maximum Gasteiger partial charge on any atom is 0.258 e. The smallest absolute Gasteiger partial charge is 0.258 e. The number of hydrogen-bond acceptors (Lipinski definition) is 3. The van der Waals surface area contributed by atoms with Gasteiger partial charge in [0.15, 0.2) is 0 Å². The highest BCUT2D eigenvalue weighted by atomic mass is 16.5. The molecule has 0 aromatic heterocycles. The Hall–Kier alpha value is -2.66. The molecule has 2 aromatic rings. The molecule has 1 aliphatic heterocycles. The monoisotopic (exact) mass is 338 g/mol. The molecule has 3 rings (SSSR count). The zero-order chi connectivity index (χ0) is 17.8. The largest absolute Gasteiger partial charge is 0.368 e. The number of nitrogens with zero attached hydrogens (tertiary/aromatic N) is 1. The van der Waals surface area contributed by atoms with Gasteiger partial charge in [-0.1, -0.05) is 18.2 Å². The molecule has 0 aliphatic carbocycles. The predicted molar refractivity (Wildman–Crippen MR) is 98.0 cm³/mol. The van der Waals surface area contributed by atoms with Gasteiger partial charge >= 0.3 is 0 Å². The fraction of sp³-hybridized carbons (Fsp3) is 0.300. The van der Waals surface area contributed by atoms with E-state index in [1.54, 1.807) is 36.2 Å². The highest BCUT2D eigenvalue weighted by molar-refractivity contribution is 6.06. The van der Waals surface area contributed by atoms with E-state index in [0.717, 1.165) is 24.1 Å². The molecule has 5 nitrogen and oxygen atoms in total. The second kappa shape index (κ2) is 7.49. The number of carbonyl (C=O) groups excluding carboxylic acids is 2. The van der Waals surface area contributed by atoms with Crippen molar-refractivity contribution < 1.29 is 14.3 Å². The topological polar surface area (TPSA) is 58.6 Å². The molecule has 5 heteroatoms. The van der Waals surface area contributed by atoms with Gasteiger partial charge in [0.05, 0.1) is 0 Å². The number of hydrogen-bond donors (Lipinski definition) is 1. The number of benzene rings is 2. The summed E-state index contributed by atoms with van der Waals surface area (Å²) in [7, 11) is 1.74. The van der Waals surface area contributed by atoms with Crippen LogP contribution in [0.25, 0.3) is 0 Å². The molecule has 1 aliphatic rings. The van der Waals surface area contributed by atoms with E-state index in [2.05, 4.69) is 5.32 Å². The molecule has 1 atom stereocenters. The highest BCUT2D eigenvalue weighted by Gasteiger charge is 2.23. The summed E-state index contributed by atoms with van der Waals surface area (Å²) >= 11 is 0. The number of rotatable bonds is 4. The van der Waals surface area contributed by atoms with Gasteiger partial charge in [-0.3, -0.25) is 9.59 Å². The summed E-state index contributed by atoms with van der Waals surface area (Å²) in [6.07, 6.45) is 1.24. The lowest BCUT2D eigenvalue weighted by Gasteiger charge is -2.18. The van der Waals surface area contributed by atoms with Gasteiger partial charge in [-0.25, -0.2) is 0 Å². The fourth-order valence-electron chi connectivity index (χ4n) is 2.88. The number of carbonyl (C=O) groups is 2. The first-order chi connectivity index (χ1) is 12.0. The number of aryl methyl sites for hydroxylation is 1. The number of anilines is 2. The van der Waals surface area contributed by atoms with E-state index in [1.165, 1.54) is 0 Å². The fourth-order valence-corrected chi connectivity index (χ4v) is 2.88. The van der Waals surface area contributed by atoms with E-state index in [0.29, 0.717) is 17.9 Å². The van der Waals surface area contributed by atoms with Crippen LogP contribution in [-0.2, 0) is 9.53 Å². The van der Waals surface area contributed by atoms with Crippen molar-refractivity contribution in [1.82, 2.24) is 0 Å². The first kappa shape index (κ1) is 17.2. The molecule has 130 valence electrons. The molecule has 1 fully saturated rings. The minimum absolute atomic E-state index is 0.126. The van der Waals surface area contributed by atoms with Crippen molar-refractivity contribution in [3.05, 3.63) is 59.7 Å². The van der Waals surface area contributed by atoms with Crippen LogP contribution in [-0.4, -0.2) is 31.6 Å². The molecule has 0 bridgehead atoms. The second-order valence-electron chi connectivity index (χ2n) is 6.27. The maximum absolute atomic E-state index is 12.7. The van der Waals surface area contributed by atoms with Crippen molar-refractivity contribution in [1.29, 1.82) is 0 Å². The Morgan fingerprint density at radius 1 is 1.16 bits per heavy atom. The van der Waals surface area contributed by atoms with Crippen molar-refractivity contribution in [3.63, 3.8) is 0 Å². The van der Waals surface area contributed by atoms with Crippen molar-refractivity contribution >= 4 is 23.2 Å². The van der Waals surface area contributed by atoms with Crippen LogP contribution in [0.4, 0.5) is 11.4 Å². The average molecular weight is 338 g/mol. The lowest BCUT2D eigenvalue weighted by Crippen LogP contribution is -2.28. The molecule has 25 heavy (non-hydrogen) atoms. The van der Waals surface area contributed by atoms with Crippen LogP contribution in [0.2, 0.25) is 0 Å². The van der Waals surface area contributed by atoms with Crippen molar-refractivity contribution in [2.45, 2.75) is 25.9 Å². The minimum atomic E-state index is -0.394. The van der Waals surface area contributed by atoms with Gasteiger partial charge in [0, 0.05) is 30.6 Å². The summed E-state index contributed by atoms with van der Waals surface area (Å²) < 4.78 is 5.38. The van der Waals surface area contributed by atoms with Crippen molar-refractivity contribution in [3.8, 4) is 0 Å². The molecule has 0 radical (unpaired) electrons. The SMILES string of the molecule is Cc1cccc(N(C)C(=O)c2cccc(NC(=O)[C@@H]3CCCO3)c2)c1. The summed E-state index contributed by atoms with van der Waals surface area (Å²) in [6, 6.07) is 14.8. The highest BCUT2D eigenvalue weighted by Crippen LogP contribution is 2.20. The Morgan fingerprint density at radius 3 is 2.68 bits per heavy atom. The molecular weight excluding hydrogens is 316 g/mol. The molecule has 2 amide bonds. The van der Waals surface area contributed by atoms with Crippen LogP contribution < -0.4 is 10.2 Å². The summed E-state index contributed by atoms with van der Waals surface area (Å²) in [4.78, 5) is 26.5. The Morgan fingerprint density at radius 2 is 1.96 bits per heavy atom. The molecule has 0 spiro atoms. The third kappa shape index (κ3) is 4.06. The summed E-state index contributed by atoms with van der Waals surface area (Å²) in [6.45, 7) is 2.61. The van der Waals surface area contributed by atoms with Gasteiger partial charge in [0.25, 0.3) is 11.8 Å². The normalized spacial score (nSPS) is 16.5. The van der Waals surface area contributed by atoms with Gasteiger partial charge in [-0.15, -0.1) is 0 Å². The van der Waals surface area contributed by atoms with Crippen molar-refractivity contribution in [2.24, 2.45) is 0 Å². The first-order valence-electron chi connectivity index (χ1n) is 8.42. The van der Waals surface area contributed by atoms with E-state index in [9.17, 15) is 9.59 Å². The van der Waals surface area contributed by atoms with Gasteiger partial charge in [0.1, 0.15) is 6.10 Å². The summed E-state index contributed by atoms with van der Waals surface area (Å²) in [5.74, 6) is -0.284. The molecule has 0 saturated carbocycles. The van der Waals surface area contributed by atoms with Crippen molar-refractivity contribution in [2.75, 3.05) is 23.9 Å². The molecule has 0 unspecified atom stereocenters. The molecule has 1 N–H and O–H groups in total. The van der Waals surface area contributed by atoms with E-state index < -0.39 is 6.10 Å². The number of ether oxygens (including phenoxy) is 1. The third-order valence-corrected chi connectivity index (χ3v) is 4.29. The Labute approximate surface area is 147 Å². The van der Waals surface area contributed by atoms with Crippen LogP contribution in [0.1, 0.15) is 28.8 Å². The zero-order valence-electron chi connectivity index (χ0n) is 14.5. The summed E-state index contributed by atoms with van der Waals surface area (Å²) in [5.41, 5.74) is 3.05. The van der Waals surface area contributed by atoms with E-state index in [4.69, 9.17) is 4.74 Å². The molecule has 1 heterocycles. The predicted octanol–water partition coefficient (Wildman–Crippen LogP) is 3.39. The standard InChI is InChI=1S/C20H22N2O3/c1-14-6-3-9-17(12-14)22(2)20(24)15-7-4-8-16(13-15)21-19(23)18-10-5-11-25-18/h3-4,6-9,12-13,18H,5,10-11H2,1-2H3,(H,21,23)/t18-/m0/s1. The number of amides is 2. The number of nitrogens with one attached hydrogen (secondary N) is 1. The van der Waals surface area contributed by atoms with Crippen LogP contribution in [0.15, 0.2) is 48.5 Å². The van der Waals surface area contributed by atoms with E-state index in [1.807, 2.05) is 31.2 Å². The van der Waals surface area contributed by atoms with Gasteiger partial charge < -0.3 is 15.0 Å². The van der Waals surface area contributed by atoms with Crippen LogP contribution >= 0.6 is 0 Å².